The van der Waals surface area contributed by atoms with E-state index in [0.717, 1.165) is 38.0 Å². The maximum atomic E-state index is 13.3. The molecule has 1 aliphatic heterocycles. The number of benzene rings is 3. The lowest BCUT2D eigenvalue weighted by Gasteiger charge is -2.30. The topological polar surface area (TPSA) is 114 Å². The second-order valence-electron chi connectivity index (χ2n) is 8.22. The van der Waals surface area contributed by atoms with E-state index in [4.69, 9.17) is 4.74 Å². The number of hydrogen-bond donors (Lipinski definition) is 2. The molecule has 3 aromatic rings. The lowest BCUT2D eigenvalue weighted by molar-refractivity contribution is -0.384. The molecule has 0 aliphatic carbocycles. The highest BCUT2D eigenvalue weighted by Gasteiger charge is 2.20. The summed E-state index contributed by atoms with van der Waals surface area (Å²) in [7, 11) is 1.58. The first kappa shape index (κ1) is 23.7. The lowest BCUT2D eigenvalue weighted by Crippen LogP contribution is -2.31. The molecule has 0 unspecified atom stereocenters. The van der Waals surface area contributed by atoms with Crippen LogP contribution in [0, 0.1) is 10.1 Å². The fraction of sp³-hybridized carbons (Fsp3) is 0.231. The maximum Gasteiger partial charge on any atom is 0.269 e. The highest BCUT2D eigenvalue weighted by molar-refractivity contribution is 6.10. The molecular formula is C26H26N4O5. The molecule has 0 bridgehead atoms. The monoisotopic (exact) mass is 474 g/mol. The number of rotatable bonds is 7. The van der Waals surface area contributed by atoms with Crippen molar-refractivity contribution in [3.63, 3.8) is 0 Å². The molecule has 2 N–H and O–H groups in total. The Hall–Kier alpha value is -4.40. The molecule has 0 aromatic heterocycles. The Morgan fingerprint density at radius 2 is 1.49 bits per heavy atom. The van der Waals surface area contributed by atoms with E-state index in [-0.39, 0.29) is 17.2 Å². The van der Waals surface area contributed by atoms with E-state index in [1.54, 1.807) is 43.5 Å². The lowest BCUT2D eigenvalue weighted by atomic mass is 10.1. The average Bonchev–Trinajstić information content (AvgIpc) is 2.89. The number of amides is 2. The SMILES string of the molecule is COc1ccc(NC(=O)c2cc(NC(=O)c3ccc([N+](=O)[O-])cc3)ccc2N2CCCCC2)cc1. The molecule has 0 saturated carbocycles. The number of nitro benzene ring substituents is 1. The van der Waals surface area contributed by atoms with E-state index in [0.29, 0.717) is 22.7 Å². The van der Waals surface area contributed by atoms with Crippen LogP contribution in [0.25, 0.3) is 0 Å². The molecule has 4 rings (SSSR count). The summed E-state index contributed by atoms with van der Waals surface area (Å²) in [5, 5.41) is 16.6. The van der Waals surface area contributed by atoms with Crippen LogP contribution in [0.3, 0.4) is 0 Å². The van der Waals surface area contributed by atoms with Crippen LogP contribution in [-0.4, -0.2) is 36.9 Å². The van der Waals surface area contributed by atoms with Crippen molar-refractivity contribution in [3.8, 4) is 5.75 Å². The molecule has 1 heterocycles. The van der Waals surface area contributed by atoms with Gasteiger partial charge >= 0.3 is 0 Å². The highest BCUT2D eigenvalue weighted by Crippen LogP contribution is 2.29. The van der Waals surface area contributed by atoms with Crippen molar-refractivity contribution in [2.75, 3.05) is 35.7 Å². The predicted molar refractivity (Wildman–Crippen MR) is 135 cm³/mol. The molecule has 0 spiro atoms. The second-order valence-corrected chi connectivity index (χ2v) is 8.22. The van der Waals surface area contributed by atoms with E-state index >= 15 is 0 Å². The fourth-order valence-electron chi connectivity index (χ4n) is 4.02. The zero-order valence-electron chi connectivity index (χ0n) is 19.3. The Labute approximate surface area is 202 Å². The van der Waals surface area contributed by atoms with Gasteiger partial charge in [0.25, 0.3) is 17.5 Å². The zero-order valence-corrected chi connectivity index (χ0v) is 19.3. The smallest absolute Gasteiger partial charge is 0.269 e. The number of hydrogen-bond acceptors (Lipinski definition) is 6. The summed E-state index contributed by atoms with van der Waals surface area (Å²) in [5.41, 5.74) is 2.52. The van der Waals surface area contributed by atoms with Gasteiger partial charge in [-0.1, -0.05) is 0 Å². The summed E-state index contributed by atoms with van der Waals surface area (Å²) in [6, 6.07) is 17.7. The largest absolute Gasteiger partial charge is 0.497 e. The van der Waals surface area contributed by atoms with Crippen LogP contribution in [-0.2, 0) is 0 Å². The van der Waals surface area contributed by atoms with Crippen LogP contribution < -0.4 is 20.3 Å². The fourth-order valence-corrected chi connectivity index (χ4v) is 4.02. The van der Waals surface area contributed by atoms with Gasteiger partial charge < -0.3 is 20.3 Å². The van der Waals surface area contributed by atoms with Crippen LogP contribution >= 0.6 is 0 Å². The first-order chi connectivity index (χ1) is 16.9. The van der Waals surface area contributed by atoms with Crippen molar-refractivity contribution in [1.82, 2.24) is 0 Å². The van der Waals surface area contributed by atoms with E-state index < -0.39 is 10.8 Å². The molecule has 35 heavy (non-hydrogen) atoms. The van der Waals surface area contributed by atoms with Crippen molar-refractivity contribution < 1.29 is 19.2 Å². The summed E-state index contributed by atoms with van der Waals surface area (Å²) in [4.78, 5) is 38.5. The van der Waals surface area contributed by atoms with Crippen molar-refractivity contribution in [2.45, 2.75) is 19.3 Å². The van der Waals surface area contributed by atoms with Gasteiger partial charge in [-0.15, -0.1) is 0 Å². The summed E-state index contributed by atoms with van der Waals surface area (Å²) in [6.45, 7) is 1.72. The molecule has 1 fully saturated rings. The van der Waals surface area contributed by atoms with Crippen LogP contribution in [0.5, 0.6) is 5.75 Å². The van der Waals surface area contributed by atoms with Gasteiger partial charge in [0.2, 0.25) is 0 Å². The van der Waals surface area contributed by atoms with Crippen LogP contribution in [0.2, 0.25) is 0 Å². The number of nitrogens with zero attached hydrogens (tertiary/aromatic N) is 2. The Morgan fingerprint density at radius 3 is 2.11 bits per heavy atom. The molecule has 180 valence electrons. The molecular weight excluding hydrogens is 448 g/mol. The van der Waals surface area contributed by atoms with Crippen LogP contribution in [0.1, 0.15) is 40.0 Å². The van der Waals surface area contributed by atoms with Crippen molar-refractivity contribution in [3.05, 3.63) is 88.0 Å². The van der Waals surface area contributed by atoms with E-state index in [1.807, 2.05) is 6.07 Å². The molecule has 3 aromatic carbocycles. The van der Waals surface area contributed by atoms with Gasteiger partial charge in [0, 0.05) is 47.8 Å². The third-order valence-electron chi connectivity index (χ3n) is 5.88. The molecule has 1 aliphatic rings. The second kappa shape index (κ2) is 10.7. The summed E-state index contributed by atoms with van der Waals surface area (Å²) < 4.78 is 5.17. The first-order valence-electron chi connectivity index (χ1n) is 11.3. The van der Waals surface area contributed by atoms with E-state index in [9.17, 15) is 19.7 Å². The number of carbonyl (C=O) groups is 2. The number of anilines is 3. The van der Waals surface area contributed by atoms with E-state index in [2.05, 4.69) is 15.5 Å². The predicted octanol–water partition coefficient (Wildman–Crippen LogP) is 5.10. The third-order valence-corrected chi connectivity index (χ3v) is 5.88. The number of piperidine rings is 1. The Morgan fingerprint density at radius 1 is 0.857 bits per heavy atom. The van der Waals surface area contributed by atoms with Crippen LogP contribution in [0.15, 0.2) is 66.7 Å². The van der Waals surface area contributed by atoms with Gasteiger partial charge in [0.1, 0.15) is 5.75 Å². The minimum Gasteiger partial charge on any atom is -0.497 e. The van der Waals surface area contributed by atoms with Gasteiger partial charge in [-0.3, -0.25) is 19.7 Å². The molecule has 2 amide bonds. The molecule has 1 saturated heterocycles. The van der Waals surface area contributed by atoms with Crippen molar-refractivity contribution in [2.24, 2.45) is 0 Å². The minimum absolute atomic E-state index is 0.0927. The maximum absolute atomic E-state index is 13.3. The Balaban J connectivity index is 1.58. The number of non-ortho nitro benzene ring substituents is 1. The molecule has 0 radical (unpaired) electrons. The van der Waals surface area contributed by atoms with Crippen molar-refractivity contribution >= 4 is 34.6 Å². The first-order valence-corrected chi connectivity index (χ1v) is 11.3. The quantitative estimate of drug-likeness (QED) is 0.364. The number of carbonyl (C=O) groups excluding carboxylic acids is 2. The molecule has 0 atom stereocenters. The number of nitro groups is 1. The molecule has 9 heteroatoms. The van der Waals surface area contributed by atoms with Gasteiger partial charge in [-0.25, -0.2) is 0 Å². The van der Waals surface area contributed by atoms with Gasteiger partial charge in [0.15, 0.2) is 0 Å². The summed E-state index contributed by atoms with van der Waals surface area (Å²) in [5.74, 6) is -0.0257. The number of methoxy groups -OCH3 is 1. The highest BCUT2D eigenvalue weighted by atomic mass is 16.6. The van der Waals surface area contributed by atoms with Crippen molar-refractivity contribution in [1.29, 1.82) is 0 Å². The Kier molecular flexibility index (Phi) is 7.25. The van der Waals surface area contributed by atoms with E-state index in [1.165, 1.54) is 24.3 Å². The number of nitrogens with one attached hydrogen (secondary N) is 2. The zero-order chi connectivity index (χ0) is 24.8. The third kappa shape index (κ3) is 5.75. The Bertz CT molecular complexity index is 1220. The van der Waals surface area contributed by atoms with Gasteiger partial charge in [-0.05, 0) is 73.9 Å². The van der Waals surface area contributed by atoms with Crippen LogP contribution in [0.4, 0.5) is 22.7 Å². The van der Waals surface area contributed by atoms with Gasteiger partial charge in [-0.2, -0.15) is 0 Å². The van der Waals surface area contributed by atoms with Gasteiger partial charge in [0.05, 0.1) is 17.6 Å². The summed E-state index contributed by atoms with van der Waals surface area (Å²) >= 11 is 0. The number of ether oxygens (including phenoxy) is 1. The standard InChI is InChI=1S/C26H26N4O5/c1-35-22-12-7-19(8-13-22)27-26(32)23-17-20(9-14-24(23)29-15-3-2-4-16-29)28-25(31)18-5-10-21(11-6-18)30(33)34/h5-14,17H,2-4,15-16H2,1H3,(H,27,32)(H,28,31). The molecule has 9 nitrogen and oxygen atoms in total. The average molecular weight is 475 g/mol. The minimum atomic E-state index is -0.519. The normalized spacial score (nSPS) is 13.1. The summed E-state index contributed by atoms with van der Waals surface area (Å²) in [6.07, 6.45) is 3.27.